The SMILES string of the molecule is COc1c(Cl)cc(C(C)(C)C)cc1C1(CN)CCCC1. The molecule has 0 aromatic heterocycles. The highest BCUT2D eigenvalue weighted by atomic mass is 35.5. The molecule has 2 nitrogen and oxygen atoms in total. The molecule has 0 saturated heterocycles. The molecule has 1 aliphatic carbocycles. The minimum absolute atomic E-state index is 0.0379. The standard InChI is InChI=1S/C17H26ClNO/c1-16(2,3)12-9-13(15(20-4)14(18)10-12)17(11-19)7-5-6-8-17/h9-10H,5-8,11,19H2,1-4H3. The normalized spacial score (nSPS) is 18.3. The van der Waals surface area contributed by atoms with Gasteiger partial charge in [-0.05, 0) is 29.9 Å². The smallest absolute Gasteiger partial charge is 0.141 e. The van der Waals surface area contributed by atoms with Crippen molar-refractivity contribution in [3.63, 3.8) is 0 Å². The molecule has 2 rings (SSSR count). The summed E-state index contributed by atoms with van der Waals surface area (Å²) >= 11 is 6.47. The fraction of sp³-hybridized carbons (Fsp3) is 0.647. The first-order valence-corrected chi connectivity index (χ1v) is 7.80. The Morgan fingerprint density at radius 2 is 1.85 bits per heavy atom. The van der Waals surface area contributed by atoms with Crippen LogP contribution in [0, 0.1) is 0 Å². The third-order valence-electron chi connectivity index (χ3n) is 4.64. The number of hydrogen-bond acceptors (Lipinski definition) is 2. The molecule has 1 saturated carbocycles. The molecule has 20 heavy (non-hydrogen) atoms. The molecule has 0 radical (unpaired) electrons. The van der Waals surface area contributed by atoms with Crippen LogP contribution in [-0.2, 0) is 10.8 Å². The second kappa shape index (κ2) is 5.57. The molecule has 2 N–H and O–H groups in total. The Kier molecular flexibility index (Phi) is 4.36. The van der Waals surface area contributed by atoms with E-state index < -0.39 is 0 Å². The molecule has 0 bridgehead atoms. The van der Waals surface area contributed by atoms with Crippen molar-refractivity contribution in [2.45, 2.75) is 57.3 Å². The summed E-state index contributed by atoms with van der Waals surface area (Å²) in [5.74, 6) is 0.812. The van der Waals surface area contributed by atoms with Gasteiger partial charge in [0.2, 0.25) is 0 Å². The molecule has 0 atom stereocenters. The van der Waals surface area contributed by atoms with Gasteiger partial charge in [-0.25, -0.2) is 0 Å². The number of benzene rings is 1. The van der Waals surface area contributed by atoms with Crippen LogP contribution in [0.4, 0.5) is 0 Å². The summed E-state index contributed by atoms with van der Waals surface area (Å²) in [6.07, 6.45) is 4.73. The summed E-state index contributed by atoms with van der Waals surface area (Å²) in [7, 11) is 1.70. The van der Waals surface area contributed by atoms with Gasteiger partial charge in [0.1, 0.15) is 5.75 Å². The zero-order valence-electron chi connectivity index (χ0n) is 13.1. The van der Waals surface area contributed by atoms with Gasteiger partial charge >= 0.3 is 0 Å². The maximum atomic E-state index is 6.47. The van der Waals surface area contributed by atoms with Gasteiger partial charge in [-0.2, -0.15) is 0 Å². The van der Waals surface area contributed by atoms with Gasteiger partial charge in [0.25, 0.3) is 0 Å². The van der Waals surface area contributed by atoms with Crippen LogP contribution in [0.1, 0.15) is 57.6 Å². The lowest BCUT2D eigenvalue weighted by atomic mass is 9.75. The van der Waals surface area contributed by atoms with E-state index in [1.807, 2.05) is 6.07 Å². The van der Waals surface area contributed by atoms with Crippen molar-refractivity contribution in [3.8, 4) is 5.75 Å². The van der Waals surface area contributed by atoms with E-state index in [0.29, 0.717) is 11.6 Å². The fourth-order valence-corrected chi connectivity index (χ4v) is 3.56. The van der Waals surface area contributed by atoms with Gasteiger partial charge in [-0.1, -0.05) is 51.3 Å². The summed E-state index contributed by atoms with van der Waals surface area (Å²) in [6, 6.07) is 4.30. The third-order valence-corrected chi connectivity index (χ3v) is 4.92. The van der Waals surface area contributed by atoms with Gasteiger partial charge < -0.3 is 10.5 Å². The Morgan fingerprint density at radius 1 is 1.25 bits per heavy atom. The Morgan fingerprint density at radius 3 is 2.30 bits per heavy atom. The molecule has 3 heteroatoms. The highest BCUT2D eigenvalue weighted by Crippen LogP contribution is 2.47. The van der Waals surface area contributed by atoms with E-state index in [0.717, 1.165) is 18.6 Å². The molecule has 112 valence electrons. The summed E-state index contributed by atoms with van der Waals surface area (Å²) in [5, 5.41) is 0.703. The van der Waals surface area contributed by atoms with Crippen LogP contribution in [0.3, 0.4) is 0 Å². The molecule has 0 spiro atoms. The summed E-state index contributed by atoms with van der Waals surface area (Å²) in [5.41, 5.74) is 8.70. The highest BCUT2D eigenvalue weighted by molar-refractivity contribution is 6.32. The molecule has 1 aromatic carbocycles. The lowest BCUT2D eigenvalue weighted by molar-refractivity contribution is 0.376. The molecular formula is C17H26ClNO. The van der Waals surface area contributed by atoms with Crippen LogP contribution in [0.25, 0.3) is 0 Å². The first-order valence-electron chi connectivity index (χ1n) is 7.42. The van der Waals surface area contributed by atoms with E-state index in [4.69, 9.17) is 22.1 Å². The molecular weight excluding hydrogens is 270 g/mol. The molecule has 1 fully saturated rings. The van der Waals surface area contributed by atoms with Crippen molar-refractivity contribution in [1.82, 2.24) is 0 Å². The largest absolute Gasteiger partial charge is 0.495 e. The second-order valence-electron chi connectivity index (χ2n) is 6.98. The van der Waals surface area contributed by atoms with E-state index in [2.05, 4.69) is 26.8 Å². The molecule has 1 aromatic rings. The first kappa shape index (κ1) is 15.7. The van der Waals surface area contributed by atoms with Crippen molar-refractivity contribution in [2.75, 3.05) is 13.7 Å². The zero-order valence-corrected chi connectivity index (χ0v) is 13.8. The molecule has 0 aliphatic heterocycles. The lowest BCUT2D eigenvalue weighted by Gasteiger charge is -2.32. The van der Waals surface area contributed by atoms with Gasteiger partial charge in [0, 0.05) is 17.5 Å². The fourth-order valence-electron chi connectivity index (χ4n) is 3.26. The molecule has 0 amide bonds. The van der Waals surface area contributed by atoms with Crippen molar-refractivity contribution in [3.05, 3.63) is 28.3 Å². The minimum Gasteiger partial charge on any atom is -0.495 e. The van der Waals surface area contributed by atoms with Crippen LogP contribution < -0.4 is 10.5 Å². The lowest BCUT2D eigenvalue weighted by Crippen LogP contribution is -2.33. The molecule has 1 aliphatic rings. The number of halogens is 1. The summed E-state index contributed by atoms with van der Waals surface area (Å²) in [6.45, 7) is 7.28. The monoisotopic (exact) mass is 295 g/mol. The van der Waals surface area contributed by atoms with Crippen molar-refractivity contribution >= 4 is 11.6 Å². The predicted octanol–water partition coefficient (Wildman–Crippen LogP) is 4.42. The van der Waals surface area contributed by atoms with E-state index in [-0.39, 0.29) is 10.8 Å². The maximum absolute atomic E-state index is 6.47. The number of nitrogens with two attached hydrogens (primary N) is 1. The Balaban J connectivity index is 2.63. The number of rotatable bonds is 3. The van der Waals surface area contributed by atoms with Gasteiger partial charge in [-0.3, -0.25) is 0 Å². The van der Waals surface area contributed by atoms with Gasteiger partial charge in [0.15, 0.2) is 0 Å². The Hall–Kier alpha value is -0.730. The van der Waals surface area contributed by atoms with Crippen molar-refractivity contribution in [1.29, 1.82) is 0 Å². The summed E-state index contributed by atoms with van der Waals surface area (Å²) < 4.78 is 5.60. The quantitative estimate of drug-likeness (QED) is 0.896. The van der Waals surface area contributed by atoms with Crippen LogP contribution in [0.5, 0.6) is 5.75 Å². The first-order chi connectivity index (χ1) is 9.34. The van der Waals surface area contributed by atoms with E-state index in [1.165, 1.54) is 24.0 Å². The number of hydrogen-bond donors (Lipinski definition) is 1. The van der Waals surface area contributed by atoms with Crippen LogP contribution in [0.2, 0.25) is 5.02 Å². The van der Waals surface area contributed by atoms with E-state index >= 15 is 0 Å². The van der Waals surface area contributed by atoms with Gasteiger partial charge in [0.05, 0.1) is 12.1 Å². The Labute approximate surface area is 127 Å². The van der Waals surface area contributed by atoms with Gasteiger partial charge in [-0.15, -0.1) is 0 Å². The number of methoxy groups -OCH3 is 1. The van der Waals surface area contributed by atoms with Crippen LogP contribution in [0.15, 0.2) is 12.1 Å². The Bertz CT molecular complexity index is 484. The predicted molar refractivity (Wildman–Crippen MR) is 85.9 cm³/mol. The van der Waals surface area contributed by atoms with E-state index in [9.17, 15) is 0 Å². The maximum Gasteiger partial charge on any atom is 0.141 e. The van der Waals surface area contributed by atoms with Crippen LogP contribution in [-0.4, -0.2) is 13.7 Å². The summed E-state index contributed by atoms with van der Waals surface area (Å²) in [4.78, 5) is 0. The average molecular weight is 296 g/mol. The molecule has 0 heterocycles. The minimum atomic E-state index is 0.0379. The topological polar surface area (TPSA) is 35.2 Å². The average Bonchev–Trinajstić information content (AvgIpc) is 2.86. The molecule has 0 unspecified atom stereocenters. The third kappa shape index (κ3) is 2.68. The van der Waals surface area contributed by atoms with Crippen molar-refractivity contribution in [2.24, 2.45) is 5.73 Å². The van der Waals surface area contributed by atoms with E-state index in [1.54, 1.807) is 7.11 Å². The van der Waals surface area contributed by atoms with Crippen molar-refractivity contribution < 1.29 is 4.74 Å². The van der Waals surface area contributed by atoms with Crippen LogP contribution >= 0.6 is 11.6 Å². The second-order valence-corrected chi connectivity index (χ2v) is 7.39. The zero-order chi connectivity index (χ0) is 15.0. The number of ether oxygens (including phenoxy) is 1. The highest BCUT2D eigenvalue weighted by Gasteiger charge is 2.38.